The van der Waals surface area contributed by atoms with E-state index in [2.05, 4.69) is 5.32 Å². The summed E-state index contributed by atoms with van der Waals surface area (Å²) in [6.07, 6.45) is -5.92. The zero-order chi connectivity index (χ0) is 15.3. The fourth-order valence-electron chi connectivity index (χ4n) is 1.57. The number of aliphatic carboxylic acids is 1. The monoisotopic (exact) mass is 283 g/mol. The molecule has 112 valence electrons. The summed E-state index contributed by atoms with van der Waals surface area (Å²) in [5, 5.41) is 11.2. The highest BCUT2D eigenvalue weighted by molar-refractivity contribution is 5.77. The number of carbonyl (C=O) groups is 2. The SMILES string of the molecule is CC(C)(C)CC(CNC(=O)CCC(F)(F)F)C(=O)O. The Balaban J connectivity index is 4.19. The molecule has 0 fully saturated rings. The molecule has 0 saturated carbocycles. The first-order chi connectivity index (χ1) is 8.41. The number of hydrogen-bond acceptors (Lipinski definition) is 2. The molecular formula is C12H20F3NO3. The quantitative estimate of drug-likeness (QED) is 0.787. The molecule has 0 saturated heterocycles. The van der Waals surface area contributed by atoms with Gasteiger partial charge in [-0.2, -0.15) is 13.2 Å². The molecule has 0 heterocycles. The van der Waals surface area contributed by atoms with Crippen LogP contribution in [0.25, 0.3) is 0 Å². The van der Waals surface area contributed by atoms with Gasteiger partial charge in [-0.05, 0) is 11.8 Å². The molecule has 0 aliphatic rings. The van der Waals surface area contributed by atoms with Gasteiger partial charge in [0.25, 0.3) is 0 Å². The third-order valence-corrected chi connectivity index (χ3v) is 2.39. The second kappa shape index (κ2) is 6.77. The number of carboxylic acid groups (broad SMARTS) is 1. The predicted octanol–water partition coefficient (Wildman–Crippen LogP) is 2.58. The van der Waals surface area contributed by atoms with Crippen LogP contribution in [0, 0.1) is 11.3 Å². The molecule has 0 bridgehead atoms. The van der Waals surface area contributed by atoms with Crippen LogP contribution in [-0.2, 0) is 9.59 Å². The van der Waals surface area contributed by atoms with Crippen LogP contribution in [0.2, 0.25) is 0 Å². The molecule has 4 nitrogen and oxygen atoms in total. The first kappa shape index (κ1) is 17.7. The number of hydrogen-bond donors (Lipinski definition) is 2. The van der Waals surface area contributed by atoms with Crippen LogP contribution in [0.5, 0.6) is 0 Å². The van der Waals surface area contributed by atoms with Gasteiger partial charge in [-0.1, -0.05) is 20.8 Å². The van der Waals surface area contributed by atoms with E-state index in [9.17, 15) is 22.8 Å². The van der Waals surface area contributed by atoms with Crippen molar-refractivity contribution in [1.29, 1.82) is 0 Å². The molecule has 1 unspecified atom stereocenters. The van der Waals surface area contributed by atoms with Gasteiger partial charge in [-0.15, -0.1) is 0 Å². The Morgan fingerprint density at radius 3 is 2.11 bits per heavy atom. The summed E-state index contributed by atoms with van der Waals surface area (Å²) in [6.45, 7) is 5.42. The third kappa shape index (κ3) is 10.3. The van der Waals surface area contributed by atoms with Crippen LogP contribution in [0.1, 0.15) is 40.0 Å². The van der Waals surface area contributed by atoms with Crippen LogP contribution in [0.4, 0.5) is 13.2 Å². The van der Waals surface area contributed by atoms with Crippen molar-refractivity contribution in [1.82, 2.24) is 5.32 Å². The second-order valence-corrected chi connectivity index (χ2v) is 5.72. The summed E-state index contributed by atoms with van der Waals surface area (Å²) >= 11 is 0. The topological polar surface area (TPSA) is 66.4 Å². The Kier molecular flexibility index (Phi) is 6.32. The summed E-state index contributed by atoms with van der Waals surface area (Å²) < 4.78 is 35.7. The minimum Gasteiger partial charge on any atom is -0.481 e. The summed E-state index contributed by atoms with van der Waals surface area (Å²) in [7, 11) is 0. The van der Waals surface area contributed by atoms with Crippen LogP contribution < -0.4 is 5.32 Å². The van der Waals surface area contributed by atoms with Gasteiger partial charge in [-0.3, -0.25) is 9.59 Å². The first-order valence-electron chi connectivity index (χ1n) is 5.97. The molecule has 1 atom stereocenters. The number of amides is 1. The van der Waals surface area contributed by atoms with Crippen molar-refractivity contribution in [3.05, 3.63) is 0 Å². The van der Waals surface area contributed by atoms with Crippen LogP contribution in [0.15, 0.2) is 0 Å². The molecule has 19 heavy (non-hydrogen) atoms. The standard InChI is InChI=1S/C12H20F3NO3/c1-11(2,3)6-8(10(18)19)7-16-9(17)4-5-12(13,14)15/h8H,4-7H2,1-3H3,(H,16,17)(H,18,19). The summed E-state index contributed by atoms with van der Waals surface area (Å²) in [6, 6.07) is 0. The number of halogens is 3. The molecule has 0 aromatic heterocycles. The van der Waals surface area contributed by atoms with Crippen LogP contribution >= 0.6 is 0 Å². The summed E-state index contributed by atoms with van der Waals surface area (Å²) in [5.74, 6) is -2.64. The molecule has 0 spiro atoms. The van der Waals surface area contributed by atoms with E-state index in [0.29, 0.717) is 6.42 Å². The van der Waals surface area contributed by atoms with Crippen molar-refractivity contribution in [2.45, 2.75) is 46.2 Å². The average Bonchev–Trinajstić information content (AvgIpc) is 2.18. The molecule has 0 aromatic rings. The predicted molar refractivity (Wildman–Crippen MR) is 63.5 cm³/mol. The van der Waals surface area contributed by atoms with Gasteiger partial charge < -0.3 is 10.4 Å². The van der Waals surface area contributed by atoms with Crippen molar-refractivity contribution in [3.63, 3.8) is 0 Å². The van der Waals surface area contributed by atoms with Crippen molar-refractivity contribution >= 4 is 11.9 Å². The number of nitrogens with one attached hydrogen (secondary N) is 1. The lowest BCUT2D eigenvalue weighted by atomic mass is 9.84. The lowest BCUT2D eigenvalue weighted by Crippen LogP contribution is -2.35. The van der Waals surface area contributed by atoms with E-state index >= 15 is 0 Å². The Bertz CT molecular complexity index is 321. The second-order valence-electron chi connectivity index (χ2n) is 5.72. The highest BCUT2D eigenvalue weighted by atomic mass is 19.4. The number of alkyl halides is 3. The molecule has 0 rings (SSSR count). The third-order valence-electron chi connectivity index (χ3n) is 2.39. The van der Waals surface area contributed by atoms with E-state index in [1.807, 2.05) is 20.8 Å². The summed E-state index contributed by atoms with van der Waals surface area (Å²) in [5.41, 5.74) is -0.236. The summed E-state index contributed by atoms with van der Waals surface area (Å²) in [4.78, 5) is 22.2. The van der Waals surface area contributed by atoms with Gasteiger partial charge in [0.2, 0.25) is 5.91 Å². The van der Waals surface area contributed by atoms with Crippen molar-refractivity contribution in [3.8, 4) is 0 Å². The van der Waals surface area contributed by atoms with E-state index in [1.165, 1.54) is 0 Å². The smallest absolute Gasteiger partial charge is 0.389 e. The first-order valence-corrected chi connectivity index (χ1v) is 5.97. The minimum absolute atomic E-state index is 0.150. The molecule has 0 aliphatic carbocycles. The lowest BCUT2D eigenvalue weighted by molar-refractivity contribution is -0.145. The molecule has 7 heteroatoms. The number of carboxylic acids is 1. The van der Waals surface area contributed by atoms with Crippen LogP contribution in [0.3, 0.4) is 0 Å². The largest absolute Gasteiger partial charge is 0.481 e. The highest BCUT2D eigenvalue weighted by Crippen LogP contribution is 2.24. The number of carbonyl (C=O) groups excluding carboxylic acids is 1. The van der Waals surface area contributed by atoms with Gasteiger partial charge in [-0.25, -0.2) is 0 Å². The van der Waals surface area contributed by atoms with E-state index in [1.54, 1.807) is 0 Å². The maximum atomic E-state index is 11.9. The van der Waals surface area contributed by atoms with E-state index in [-0.39, 0.29) is 12.0 Å². The Labute approximate surface area is 110 Å². The highest BCUT2D eigenvalue weighted by Gasteiger charge is 2.29. The fraction of sp³-hybridized carbons (Fsp3) is 0.833. The normalized spacial score (nSPS) is 14.0. The zero-order valence-corrected chi connectivity index (χ0v) is 11.3. The van der Waals surface area contributed by atoms with Gasteiger partial charge in [0, 0.05) is 13.0 Å². The molecule has 1 amide bonds. The maximum absolute atomic E-state index is 11.9. The molecule has 0 aromatic carbocycles. The van der Waals surface area contributed by atoms with Crippen molar-refractivity contribution in [2.75, 3.05) is 6.54 Å². The minimum atomic E-state index is -4.38. The van der Waals surface area contributed by atoms with Gasteiger partial charge in [0.15, 0.2) is 0 Å². The molecular weight excluding hydrogens is 263 g/mol. The van der Waals surface area contributed by atoms with E-state index in [4.69, 9.17) is 5.11 Å². The molecule has 0 aliphatic heterocycles. The molecule has 0 radical (unpaired) electrons. The average molecular weight is 283 g/mol. The van der Waals surface area contributed by atoms with Gasteiger partial charge >= 0.3 is 12.1 Å². The fourth-order valence-corrected chi connectivity index (χ4v) is 1.57. The van der Waals surface area contributed by atoms with Gasteiger partial charge in [0.05, 0.1) is 12.3 Å². The Morgan fingerprint density at radius 1 is 1.21 bits per heavy atom. The van der Waals surface area contributed by atoms with Crippen LogP contribution in [-0.4, -0.2) is 29.7 Å². The Morgan fingerprint density at radius 2 is 1.74 bits per heavy atom. The van der Waals surface area contributed by atoms with Crippen molar-refractivity contribution in [2.24, 2.45) is 11.3 Å². The van der Waals surface area contributed by atoms with Crippen molar-refractivity contribution < 1.29 is 27.9 Å². The van der Waals surface area contributed by atoms with E-state index < -0.39 is 36.8 Å². The number of rotatable bonds is 6. The zero-order valence-electron chi connectivity index (χ0n) is 11.3. The Hall–Kier alpha value is -1.27. The van der Waals surface area contributed by atoms with E-state index in [0.717, 1.165) is 0 Å². The lowest BCUT2D eigenvalue weighted by Gasteiger charge is -2.23. The molecule has 2 N–H and O–H groups in total. The van der Waals surface area contributed by atoms with Gasteiger partial charge in [0.1, 0.15) is 0 Å². The maximum Gasteiger partial charge on any atom is 0.389 e.